The Morgan fingerprint density at radius 1 is 1.37 bits per heavy atom. The van der Waals surface area contributed by atoms with E-state index in [4.69, 9.17) is 10.5 Å². The van der Waals surface area contributed by atoms with E-state index >= 15 is 0 Å². The van der Waals surface area contributed by atoms with E-state index < -0.39 is 0 Å². The molecule has 106 valence electrons. The highest BCUT2D eigenvalue weighted by Gasteiger charge is 2.16. The minimum absolute atomic E-state index is 0.247. The van der Waals surface area contributed by atoms with Crippen molar-refractivity contribution in [2.24, 2.45) is 11.7 Å². The summed E-state index contributed by atoms with van der Waals surface area (Å²) < 4.78 is 6.98. The van der Waals surface area contributed by atoms with Crippen LogP contribution in [-0.2, 0) is 6.42 Å². The predicted molar refractivity (Wildman–Crippen MR) is 83.6 cm³/mol. The molecule has 1 fully saturated rings. The lowest BCUT2D eigenvalue weighted by atomic mass is 10.0. The van der Waals surface area contributed by atoms with Crippen molar-refractivity contribution < 1.29 is 4.74 Å². The monoisotopic (exact) mass is 325 g/mol. The third-order valence-electron chi connectivity index (χ3n) is 3.97. The molecule has 1 aromatic carbocycles. The van der Waals surface area contributed by atoms with Crippen molar-refractivity contribution in [3.63, 3.8) is 0 Å². The van der Waals surface area contributed by atoms with Gasteiger partial charge >= 0.3 is 0 Å². The van der Waals surface area contributed by atoms with Gasteiger partial charge in [-0.3, -0.25) is 0 Å². The normalized spacial score (nSPS) is 17.6. The smallest absolute Gasteiger partial charge is 0.133 e. The van der Waals surface area contributed by atoms with E-state index in [1.807, 2.05) is 0 Å². The molecule has 1 unspecified atom stereocenters. The number of ether oxygens (including phenoxy) is 1. The average molecular weight is 326 g/mol. The lowest BCUT2D eigenvalue weighted by Crippen LogP contribution is -2.21. The molecule has 0 amide bonds. The number of halogens is 1. The van der Waals surface area contributed by atoms with Gasteiger partial charge in [-0.15, -0.1) is 0 Å². The van der Waals surface area contributed by atoms with Crippen LogP contribution in [0.2, 0.25) is 0 Å². The van der Waals surface area contributed by atoms with Gasteiger partial charge in [0.2, 0.25) is 0 Å². The molecule has 0 spiro atoms. The maximum atomic E-state index is 5.99. The molecule has 0 aliphatic heterocycles. The zero-order chi connectivity index (χ0) is 13.7. The van der Waals surface area contributed by atoms with Gasteiger partial charge in [-0.2, -0.15) is 0 Å². The molecular formula is C16H24BrNO. The van der Waals surface area contributed by atoms with E-state index in [2.05, 4.69) is 41.1 Å². The summed E-state index contributed by atoms with van der Waals surface area (Å²) in [4.78, 5) is 0. The van der Waals surface area contributed by atoms with E-state index in [9.17, 15) is 0 Å². The van der Waals surface area contributed by atoms with Crippen molar-refractivity contribution in [2.45, 2.75) is 51.5 Å². The van der Waals surface area contributed by atoms with Crippen molar-refractivity contribution in [3.8, 4) is 5.75 Å². The van der Waals surface area contributed by atoms with Crippen LogP contribution in [0.5, 0.6) is 5.75 Å². The fourth-order valence-corrected chi connectivity index (χ4v) is 3.16. The quantitative estimate of drug-likeness (QED) is 0.846. The van der Waals surface area contributed by atoms with Crippen LogP contribution in [0.1, 0.15) is 44.6 Å². The summed E-state index contributed by atoms with van der Waals surface area (Å²) in [7, 11) is 0. The van der Waals surface area contributed by atoms with Crippen LogP contribution in [0.3, 0.4) is 0 Å². The Morgan fingerprint density at radius 3 is 2.74 bits per heavy atom. The summed E-state index contributed by atoms with van der Waals surface area (Å²) in [5.41, 5.74) is 7.26. The van der Waals surface area contributed by atoms with Gasteiger partial charge in [0.05, 0.1) is 11.1 Å². The average Bonchev–Trinajstić information content (AvgIpc) is 2.91. The summed E-state index contributed by atoms with van der Waals surface area (Å²) in [6, 6.07) is 6.58. The molecule has 0 heterocycles. The van der Waals surface area contributed by atoms with Gasteiger partial charge in [0.25, 0.3) is 0 Å². The Labute approximate surface area is 124 Å². The highest BCUT2D eigenvalue weighted by molar-refractivity contribution is 9.10. The molecule has 0 bridgehead atoms. The van der Waals surface area contributed by atoms with Crippen LogP contribution in [-0.4, -0.2) is 12.6 Å². The first-order valence-electron chi connectivity index (χ1n) is 7.36. The van der Waals surface area contributed by atoms with Crippen molar-refractivity contribution >= 4 is 15.9 Å². The summed E-state index contributed by atoms with van der Waals surface area (Å²) >= 11 is 3.60. The Bertz CT molecular complexity index is 402. The summed E-state index contributed by atoms with van der Waals surface area (Å²) in [5.74, 6) is 1.71. The van der Waals surface area contributed by atoms with Crippen LogP contribution in [0.25, 0.3) is 0 Å². The van der Waals surface area contributed by atoms with Crippen LogP contribution < -0.4 is 10.5 Å². The topological polar surface area (TPSA) is 35.2 Å². The Hall–Kier alpha value is -0.540. The number of hydrogen-bond donors (Lipinski definition) is 1. The second-order valence-electron chi connectivity index (χ2n) is 5.60. The van der Waals surface area contributed by atoms with Crippen molar-refractivity contribution in [2.75, 3.05) is 6.61 Å². The largest absolute Gasteiger partial charge is 0.492 e. The molecule has 1 atom stereocenters. The first-order valence-corrected chi connectivity index (χ1v) is 8.15. The molecule has 1 aliphatic rings. The Kier molecular flexibility index (Phi) is 5.71. The first-order chi connectivity index (χ1) is 9.19. The molecule has 1 aliphatic carbocycles. The zero-order valence-corrected chi connectivity index (χ0v) is 13.3. The zero-order valence-electron chi connectivity index (χ0n) is 11.7. The minimum Gasteiger partial charge on any atom is -0.492 e. The van der Waals surface area contributed by atoms with E-state index in [1.165, 1.54) is 31.2 Å². The lowest BCUT2D eigenvalue weighted by molar-refractivity contribution is 0.250. The highest BCUT2D eigenvalue weighted by Crippen LogP contribution is 2.30. The number of hydrogen-bond acceptors (Lipinski definition) is 2. The molecule has 2 nitrogen and oxygen atoms in total. The predicted octanol–water partition coefficient (Wildman–Crippen LogP) is 4.30. The highest BCUT2D eigenvalue weighted by atomic mass is 79.9. The fraction of sp³-hybridized carbons (Fsp3) is 0.625. The maximum absolute atomic E-state index is 5.99. The SMILES string of the molecule is CCC(N)Cc1ccc(OCC2CCCC2)c(Br)c1. The first kappa shape index (κ1) is 14.9. The summed E-state index contributed by atoms with van der Waals surface area (Å²) in [6.45, 7) is 2.98. The summed E-state index contributed by atoms with van der Waals surface area (Å²) in [5, 5.41) is 0. The maximum Gasteiger partial charge on any atom is 0.133 e. The Balaban J connectivity index is 1.90. The van der Waals surface area contributed by atoms with Gasteiger partial charge in [0.1, 0.15) is 5.75 Å². The second kappa shape index (κ2) is 7.30. The minimum atomic E-state index is 0.247. The number of nitrogens with two attached hydrogens (primary N) is 1. The molecule has 2 N–H and O–H groups in total. The molecular weight excluding hydrogens is 302 g/mol. The molecule has 0 saturated heterocycles. The van der Waals surface area contributed by atoms with E-state index in [0.717, 1.165) is 35.6 Å². The number of benzene rings is 1. The van der Waals surface area contributed by atoms with Crippen molar-refractivity contribution in [1.82, 2.24) is 0 Å². The van der Waals surface area contributed by atoms with Gasteiger partial charge in [0.15, 0.2) is 0 Å². The lowest BCUT2D eigenvalue weighted by Gasteiger charge is -2.14. The molecule has 0 aromatic heterocycles. The molecule has 19 heavy (non-hydrogen) atoms. The van der Waals surface area contributed by atoms with Gasteiger partial charge < -0.3 is 10.5 Å². The van der Waals surface area contributed by atoms with Crippen LogP contribution in [0.15, 0.2) is 22.7 Å². The Morgan fingerprint density at radius 2 is 2.11 bits per heavy atom. The second-order valence-corrected chi connectivity index (χ2v) is 6.45. The van der Waals surface area contributed by atoms with E-state index in [-0.39, 0.29) is 6.04 Å². The third kappa shape index (κ3) is 4.50. The molecule has 1 aromatic rings. The molecule has 3 heteroatoms. The fourth-order valence-electron chi connectivity index (χ4n) is 2.62. The van der Waals surface area contributed by atoms with Gasteiger partial charge in [-0.25, -0.2) is 0 Å². The van der Waals surface area contributed by atoms with Gasteiger partial charge in [0, 0.05) is 6.04 Å². The third-order valence-corrected chi connectivity index (χ3v) is 4.59. The van der Waals surface area contributed by atoms with Gasteiger partial charge in [-0.05, 0) is 65.2 Å². The van der Waals surface area contributed by atoms with E-state index in [1.54, 1.807) is 0 Å². The molecule has 1 saturated carbocycles. The summed E-state index contributed by atoms with van der Waals surface area (Å²) in [6.07, 6.45) is 7.31. The molecule has 0 radical (unpaired) electrons. The van der Waals surface area contributed by atoms with Crippen LogP contribution in [0, 0.1) is 5.92 Å². The van der Waals surface area contributed by atoms with Crippen molar-refractivity contribution in [1.29, 1.82) is 0 Å². The number of rotatable bonds is 6. The van der Waals surface area contributed by atoms with Crippen LogP contribution in [0.4, 0.5) is 0 Å². The van der Waals surface area contributed by atoms with E-state index in [0.29, 0.717) is 0 Å². The van der Waals surface area contributed by atoms with Crippen LogP contribution >= 0.6 is 15.9 Å². The molecule has 2 rings (SSSR count). The standard InChI is InChI=1S/C16H24BrNO/c1-2-14(18)9-13-7-8-16(15(17)10-13)19-11-12-5-3-4-6-12/h7-8,10,12,14H,2-6,9,11,18H2,1H3. The van der Waals surface area contributed by atoms with Gasteiger partial charge in [-0.1, -0.05) is 25.8 Å². The van der Waals surface area contributed by atoms with Crippen molar-refractivity contribution in [3.05, 3.63) is 28.2 Å².